The molecular formula is C7H14N2O3. The van der Waals surface area contributed by atoms with Gasteiger partial charge in [-0.05, 0) is 19.3 Å². The second-order valence-corrected chi connectivity index (χ2v) is 3.19. The molecule has 70 valence electrons. The van der Waals surface area contributed by atoms with Gasteiger partial charge in [-0.15, -0.1) is 0 Å². The largest absolute Gasteiger partial charge is 0.465 e. The molecule has 0 aliphatic heterocycles. The number of aliphatic hydroxyl groups is 1. The summed E-state index contributed by atoms with van der Waals surface area (Å²) in [5, 5.41) is 20.0. The Balaban J connectivity index is 2.35. The summed E-state index contributed by atoms with van der Waals surface area (Å²) in [6, 6.07) is -0.339. The van der Waals surface area contributed by atoms with Crippen molar-refractivity contribution in [3.8, 4) is 0 Å². The SMILES string of the molecule is N[C@@H]1CC[C@@H](NC(=O)O)C[C@@H]1O. The number of hydrogen-bond donors (Lipinski definition) is 4. The molecule has 0 aromatic heterocycles. The van der Waals surface area contributed by atoms with Crippen LogP contribution < -0.4 is 11.1 Å². The van der Waals surface area contributed by atoms with E-state index in [0.29, 0.717) is 19.3 Å². The highest BCUT2D eigenvalue weighted by Crippen LogP contribution is 2.17. The smallest absolute Gasteiger partial charge is 0.404 e. The molecule has 0 saturated heterocycles. The molecule has 0 aromatic carbocycles. The normalized spacial score (nSPS) is 36.0. The van der Waals surface area contributed by atoms with Gasteiger partial charge in [0.05, 0.1) is 6.10 Å². The lowest BCUT2D eigenvalue weighted by Gasteiger charge is -2.30. The minimum absolute atomic E-state index is 0.141. The quantitative estimate of drug-likeness (QED) is 0.430. The topological polar surface area (TPSA) is 95.6 Å². The Kier molecular flexibility index (Phi) is 2.88. The van der Waals surface area contributed by atoms with Crippen LogP contribution in [0.3, 0.4) is 0 Å². The van der Waals surface area contributed by atoms with Crippen molar-refractivity contribution in [1.29, 1.82) is 0 Å². The Labute approximate surface area is 70.6 Å². The van der Waals surface area contributed by atoms with Crippen LogP contribution in [-0.2, 0) is 0 Å². The average Bonchev–Trinajstić information content (AvgIpc) is 1.96. The Morgan fingerprint density at radius 1 is 1.50 bits per heavy atom. The number of nitrogens with one attached hydrogen (secondary N) is 1. The zero-order valence-corrected chi connectivity index (χ0v) is 6.73. The van der Waals surface area contributed by atoms with Crippen LogP contribution in [-0.4, -0.2) is 34.5 Å². The van der Waals surface area contributed by atoms with Gasteiger partial charge >= 0.3 is 6.09 Å². The summed E-state index contributed by atoms with van der Waals surface area (Å²) >= 11 is 0. The van der Waals surface area contributed by atoms with Crippen molar-refractivity contribution < 1.29 is 15.0 Å². The van der Waals surface area contributed by atoms with Crippen LogP contribution in [0.5, 0.6) is 0 Å². The van der Waals surface area contributed by atoms with Gasteiger partial charge in [-0.1, -0.05) is 0 Å². The van der Waals surface area contributed by atoms with Gasteiger partial charge < -0.3 is 21.3 Å². The minimum atomic E-state index is -1.04. The number of rotatable bonds is 1. The molecule has 1 rings (SSSR count). The van der Waals surface area contributed by atoms with Gasteiger partial charge in [0.2, 0.25) is 0 Å². The molecule has 5 N–H and O–H groups in total. The summed E-state index contributed by atoms with van der Waals surface area (Å²) in [5.41, 5.74) is 5.55. The molecule has 5 nitrogen and oxygen atoms in total. The molecule has 1 aliphatic rings. The Bertz CT molecular complexity index is 174. The summed E-state index contributed by atoms with van der Waals surface area (Å²) < 4.78 is 0. The third-order valence-corrected chi connectivity index (χ3v) is 2.20. The Morgan fingerprint density at radius 2 is 2.17 bits per heavy atom. The molecular weight excluding hydrogens is 160 g/mol. The summed E-state index contributed by atoms with van der Waals surface area (Å²) in [7, 11) is 0. The average molecular weight is 174 g/mol. The number of nitrogens with two attached hydrogens (primary N) is 1. The van der Waals surface area contributed by atoms with Crippen LogP contribution >= 0.6 is 0 Å². The molecule has 0 radical (unpaired) electrons. The van der Waals surface area contributed by atoms with E-state index >= 15 is 0 Å². The highest BCUT2D eigenvalue weighted by molar-refractivity contribution is 5.64. The lowest BCUT2D eigenvalue weighted by molar-refractivity contribution is 0.0902. The molecule has 0 bridgehead atoms. The van der Waals surface area contributed by atoms with E-state index in [-0.39, 0.29) is 12.1 Å². The third kappa shape index (κ3) is 2.35. The lowest BCUT2D eigenvalue weighted by Crippen LogP contribution is -2.47. The van der Waals surface area contributed by atoms with Crippen molar-refractivity contribution in [2.24, 2.45) is 5.73 Å². The van der Waals surface area contributed by atoms with E-state index in [1.807, 2.05) is 0 Å². The van der Waals surface area contributed by atoms with Gasteiger partial charge in [0, 0.05) is 12.1 Å². The van der Waals surface area contributed by atoms with E-state index in [4.69, 9.17) is 10.8 Å². The zero-order valence-electron chi connectivity index (χ0n) is 6.73. The molecule has 0 spiro atoms. The van der Waals surface area contributed by atoms with Gasteiger partial charge in [-0.25, -0.2) is 4.79 Å². The lowest BCUT2D eigenvalue weighted by atomic mass is 9.89. The van der Waals surface area contributed by atoms with E-state index < -0.39 is 12.2 Å². The second kappa shape index (κ2) is 3.73. The van der Waals surface area contributed by atoms with Crippen LogP contribution in [0.15, 0.2) is 0 Å². The third-order valence-electron chi connectivity index (χ3n) is 2.20. The molecule has 0 aromatic rings. The fraction of sp³-hybridized carbons (Fsp3) is 0.857. The molecule has 12 heavy (non-hydrogen) atoms. The predicted octanol–water partition coefficient (Wildman–Crippen LogP) is -0.505. The van der Waals surface area contributed by atoms with Gasteiger partial charge in [0.1, 0.15) is 0 Å². The van der Waals surface area contributed by atoms with Crippen molar-refractivity contribution in [3.05, 3.63) is 0 Å². The molecule has 0 heterocycles. The van der Waals surface area contributed by atoms with E-state index in [1.165, 1.54) is 0 Å². The number of carboxylic acid groups (broad SMARTS) is 1. The maximum Gasteiger partial charge on any atom is 0.404 e. The molecule has 5 heteroatoms. The molecule has 1 amide bonds. The van der Waals surface area contributed by atoms with Gasteiger partial charge in [-0.3, -0.25) is 0 Å². The zero-order chi connectivity index (χ0) is 9.14. The molecule has 0 unspecified atom stereocenters. The fourth-order valence-electron chi connectivity index (χ4n) is 1.48. The number of amides is 1. The summed E-state index contributed by atoms with van der Waals surface area (Å²) in [6.07, 6.45) is 0.197. The van der Waals surface area contributed by atoms with Crippen LogP contribution in [0, 0.1) is 0 Å². The predicted molar refractivity (Wildman–Crippen MR) is 42.8 cm³/mol. The van der Waals surface area contributed by atoms with Gasteiger partial charge in [0.25, 0.3) is 0 Å². The van der Waals surface area contributed by atoms with E-state index in [2.05, 4.69) is 5.32 Å². The van der Waals surface area contributed by atoms with E-state index in [1.54, 1.807) is 0 Å². The number of carbonyl (C=O) groups is 1. The van der Waals surface area contributed by atoms with Crippen LogP contribution in [0.2, 0.25) is 0 Å². The Hall–Kier alpha value is -0.810. The molecule has 3 atom stereocenters. The molecule has 1 saturated carbocycles. The van der Waals surface area contributed by atoms with Gasteiger partial charge in [0.15, 0.2) is 0 Å². The number of hydrogen-bond acceptors (Lipinski definition) is 3. The van der Waals surface area contributed by atoms with Crippen molar-refractivity contribution in [2.75, 3.05) is 0 Å². The first-order chi connectivity index (χ1) is 5.59. The summed E-state index contributed by atoms with van der Waals surface area (Å²) in [5.74, 6) is 0. The Morgan fingerprint density at radius 3 is 2.67 bits per heavy atom. The second-order valence-electron chi connectivity index (χ2n) is 3.19. The summed E-state index contributed by atoms with van der Waals surface area (Å²) in [6.45, 7) is 0. The highest BCUT2D eigenvalue weighted by Gasteiger charge is 2.27. The monoisotopic (exact) mass is 174 g/mol. The first-order valence-electron chi connectivity index (χ1n) is 4.02. The fourth-order valence-corrected chi connectivity index (χ4v) is 1.48. The molecule has 1 aliphatic carbocycles. The maximum atomic E-state index is 10.2. The first kappa shape index (κ1) is 9.28. The molecule has 1 fully saturated rings. The van der Waals surface area contributed by atoms with Crippen molar-refractivity contribution in [3.63, 3.8) is 0 Å². The van der Waals surface area contributed by atoms with Crippen molar-refractivity contribution >= 4 is 6.09 Å². The minimum Gasteiger partial charge on any atom is -0.465 e. The van der Waals surface area contributed by atoms with Crippen molar-refractivity contribution in [1.82, 2.24) is 5.32 Å². The number of aliphatic hydroxyl groups excluding tert-OH is 1. The van der Waals surface area contributed by atoms with Crippen molar-refractivity contribution in [2.45, 2.75) is 37.5 Å². The van der Waals surface area contributed by atoms with Crippen LogP contribution in [0.4, 0.5) is 4.79 Å². The van der Waals surface area contributed by atoms with E-state index in [9.17, 15) is 9.90 Å². The maximum absolute atomic E-state index is 10.2. The highest BCUT2D eigenvalue weighted by atomic mass is 16.4. The van der Waals surface area contributed by atoms with Crippen LogP contribution in [0.1, 0.15) is 19.3 Å². The summed E-state index contributed by atoms with van der Waals surface area (Å²) in [4.78, 5) is 10.2. The first-order valence-corrected chi connectivity index (χ1v) is 4.02. The standard InChI is InChI=1S/C7H14N2O3/c8-5-2-1-4(3-6(5)10)9-7(11)12/h4-6,9-10H,1-3,8H2,(H,11,12)/t4-,5-,6+/m1/s1. The van der Waals surface area contributed by atoms with Gasteiger partial charge in [-0.2, -0.15) is 0 Å². The van der Waals surface area contributed by atoms with Crippen LogP contribution in [0.25, 0.3) is 0 Å². The van der Waals surface area contributed by atoms with E-state index in [0.717, 1.165) is 0 Å².